The van der Waals surface area contributed by atoms with Crippen molar-refractivity contribution in [2.75, 3.05) is 11.9 Å². The lowest BCUT2D eigenvalue weighted by atomic mass is 9.96. The summed E-state index contributed by atoms with van der Waals surface area (Å²) in [5.41, 5.74) is 1.64. The lowest BCUT2D eigenvalue weighted by Gasteiger charge is -2.18. The average molecular weight is 290 g/mol. The molecular formula is C16H22N2O3. The zero-order valence-electron chi connectivity index (χ0n) is 12.4. The summed E-state index contributed by atoms with van der Waals surface area (Å²) in [5, 5.41) is 15.3. The predicted molar refractivity (Wildman–Crippen MR) is 80.9 cm³/mol. The molecule has 0 spiro atoms. The van der Waals surface area contributed by atoms with E-state index in [0.29, 0.717) is 0 Å². The minimum atomic E-state index is -0.552. The van der Waals surface area contributed by atoms with E-state index in [1.54, 1.807) is 0 Å². The lowest BCUT2D eigenvalue weighted by Crippen LogP contribution is -2.36. The molecule has 1 heterocycles. The zero-order chi connectivity index (χ0) is 15.4. The molecule has 5 heteroatoms. The topological polar surface area (TPSA) is 78.4 Å². The first-order chi connectivity index (χ1) is 10.0. The van der Waals surface area contributed by atoms with Crippen LogP contribution in [0.2, 0.25) is 0 Å². The number of amides is 2. The van der Waals surface area contributed by atoms with Gasteiger partial charge in [0.25, 0.3) is 0 Å². The standard InChI is InChI=1S/C16H22N2O3/c1-3-10(2)14(19)9-17-15(20)8-12-11-6-4-5-7-13(11)18-16(12)21/h4-7,10,12,14,19H,3,8-9H2,1-2H3,(H,17,20)(H,18,21). The van der Waals surface area contributed by atoms with Gasteiger partial charge in [-0.3, -0.25) is 9.59 Å². The molecule has 21 heavy (non-hydrogen) atoms. The molecule has 2 rings (SSSR count). The number of nitrogens with one attached hydrogen (secondary N) is 2. The van der Waals surface area contributed by atoms with Crippen LogP contribution in [-0.4, -0.2) is 29.6 Å². The first-order valence-corrected chi connectivity index (χ1v) is 7.37. The number of rotatable bonds is 6. The highest BCUT2D eigenvalue weighted by molar-refractivity contribution is 6.04. The van der Waals surface area contributed by atoms with Gasteiger partial charge in [0.1, 0.15) is 0 Å². The second-order valence-corrected chi connectivity index (χ2v) is 5.59. The number of benzene rings is 1. The van der Waals surface area contributed by atoms with Crippen LogP contribution < -0.4 is 10.6 Å². The largest absolute Gasteiger partial charge is 0.391 e. The fourth-order valence-electron chi connectivity index (χ4n) is 2.43. The second-order valence-electron chi connectivity index (χ2n) is 5.59. The van der Waals surface area contributed by atoms with E-state index in [4.69, 9.17) is 0 Å². The molecule has 0 radical (unpaired) electrons. The molecule has 3 unspecified atom stereocenters. The normalized spacial score (nSPS) is 19.6. The van der Waals surface area contributed by atoms with Crippen LogP contribution >= 0.6 is 0 Å². The summed E-state index contributed by atoms with van der Waals surface area (Å²) in [7, 11) is 0. The van der Waals surface area contributed by atoms with Crippen LogP contribution in [0.4, 0.5) is 5.69 Å². The van der Waals surface area contributed by atoms with Gasteiger partial charge in [-0.1, -0.05) is 38.5 Å². The Hall–Kier alpha value is -1.88. The van der Waals surface area contributed by atoms with Crippen molar-refractivity contribution in [3.63, 3.8) is 0 Å². The molecule has 1 aliphatic heterocycles. The number of aliphatic hydroxyl groups excluding tert-OH is 1. The van der Waals surface area contributed by atoms with Crippen LogP contribution in [0.15, 0.2) is 24.3 Å². The molecule has 1 aromatic carbocycles. The minimum Gasteiger partial charge on any atom is -0.391 e. The van der Waals surface area contributed by atoms with Crippen LogP contribution in [0.25, 0.3) is 0 Å². The van der Waals surface area contributed by atoms with Crippen molar-refractivity contribution in [3.05, 3.63) is 29.8 Å². The van der Waals surface area contributed by atoms with Gasteiger partial charge in [-0.05, 0) is 17.5 Å². The first-order valence-electron chi connectivity index (χ1n) is 7.37. The van der Waals surface area contributed by atoms with Gasteiger partial charge >= 0.3 is 0 Å². The van der Waals surface area contributed by atoms with Crippen LogP contribution in [0.3, 0.4) is 0 Å². The van der Waals surface area contributed by atoms with Gasteiger partial charge in [-0.2, -0.15) is 0 Å². The minimum absolute atomic E-state index is 0.107. The van der Waals surface area contributed by atoms with E-state index in [0.717, 1.165) is 17.7 Å². The summed E-state index contributed by atoms with van der Waals surface area (Å²) in [6, 6.07) is 7.40. The van der Waals surface area contributed by atoms with Crippen molar-refractivity contribution in [1.82, 2.24) is 5.32 Å². The van der Waals surface area contributed by atoms with Crippen LogP contribution in [0.1, 0.15) is 38.2 Å². The molecule has 114 valence electrons. The van der Waals surface area contributed by atoms with E-state index in [1.807, 2.05) is 38.1 Å². The van der Waals surface area contributed by atoms with E-state index >= 15 is 0 Å². The Morgan fingerprint density at radius 2 is 2.14 bits per heavy atom. The molecule has 3 N–H and O–H groups in total. The molecule has 5 nitrogen and oxygen atoms in total. The monoisotopic (exact) mass is 290 g/mol. The molecule has 1 aromatic rings. The summed E-state index contributed by atoms with van der Waals surface area (Å²) in [6.07, 6.45) is 0.412. The van der Waals surface area contributed by atoms with Gasteiger partial charge in [-0.25, -0.2) is 0 Å². The van der Waals surface area contributed by atoms with Gasteiger partial charge in [0.05, 0.1) is 12.0 Å². The Morgan fingerprint density at radius 3 is 2.86 bits per heavy atom. The maximum Gasteiger partial charge on any atom is 0.232 e. The molecule has 0 aliphatic carbocycles. The van der Waals surface area contributed by atoms with Gasteiger partial charge in [0, 0.05) is 18.7 Å². The van der Waals surface area contributed by atoms with Crippen LogP contribution in [0.5, 0.6) is 0 Å². The quantitative estimate of drug-likeness (QED) is 0.745. The highest BCUT2D eigenvalue weighted by Gasteiger charge is 2.31. The maximum atomic E-state index is 12.0. The van der Waals surface area contributed by atoms with Crippen molar-refractivity contribution in [3.8, 4) is 0 Å². The SMILES string of the molecule is CCC(C)C(O)CNC(=O)CC1C(=O)Nc2ccccc21. The fraction of sp³-hybridized carbons (Fsp3) is 0.500. The summed E-state index contributed by atoms with van der Waals surface area (Å²) in [6.45, 7) is 4.16. The second kappa shape index (κ2) is 6.72. The first kappa shape index (κ1) is 15.5. The van der Waals surface area contributed by atoms with Crippen molar-refractivity contribution in [2.24, 2.45) is 5.92 Å². The number of hydrogen-bond donors (Lipinski definition) is 3. The Morgan fingerprint density at radius 1 is 1.43 bits per heavy atom. The van der Waals surface area contributed by atoms with Gasteiger partial charge in [-0.15, -0.1) is 0 Å². The third kappa shape index (κ3) is 3.61. The van der Waals surface area contributed by atoms with E-state index in [1.165, 1.54) is 0 Å². The summed E-state index contributed by atoms with van der Waals surface area (Å²) in [4.78, 5) is 23.9. The third-order valence-corrected chi connectivity index (χ3v) is 4.11. The van der Waals surface area contributed by atoms with E-state index < -0.39 is 12.0 Å². The smallest absolute Gasteiger partial charge is 0.232 e. The highest BCUT2D eigenvalue weighted by Crippen LogP contribution is 2.34. The molecule has 0 saturated carbocycles. The summed E-state index contributed by atoms with van der Waals surface area (Å²) >= 11 is 0. The molecular weight excluding hydrogens is 268 g/mol. The predicted octanol–water partition coefficient (Wildman–Crippen LogP) is 1.64. The Labute approximate surface area is 124 Å². The van der Waals surface area contributed by atoms with Gasteiger partial charge in [0.15, 0.2) is 0 Å². The van der Waals surface area contributed by atoms with Crippen molar-refractivity contribution >= 4 is 17.5 Å². The average Bonchev–Trinajstić information content (AvgIpc) is 2.80. The fourth-order valence-corrected chi connectivity index (χ4v) is 2.43. The summed E-state index contributed by atoms with van der Waals surface area (Å²) in [5.74, 6) is -0.661. The molecule has 1 aliphatic rings. The summed E-state index contributed by atoms with van der Waals surface area (Å²) < 4.78 is 0. The number of para-hydroxylation sites is 1. The molecule has 0 fully saturated rings. The van der Waals surface area contributed by atoms with Crippen molar-refractivity contribution < 1.29 is 14.7 Å². The van der Waals surface area contributed by atoms with E-state index in [2.05, 4.69) is 10.6 Å². The van der Waals surface area contributed by atoms with Crippen molar-refractivity contribution in [1.29, 1.82) is 0 Å². The molecule has 2 amide bonds. The van der Waals surface area contributed by atoms with E-state index in [9.17, 15) is 14.7 Å². The maximum absolute atomic E-state index is 12.0. The number of carbonyl (C=O) groups is 2. The number of carbonyl (C=O) groups excluding carboxylic acids is 2. The number of anilines is 1. The third-order valence-electron chi connectivity index (χ3n) is 4.11. The lowest BCUT2D eigenvalue weighted by molar-refractivity contribution is -0.125. The van der Waals surface area contributed by atoms with E-state index in [-0.39, 0.29) is 30.7 Å². The Kier molecular flexibility index (Phi) is 4.96. The van der Waals surface area contributed by atoms with Crippen molar-refractivity contribution in [2.45, 2.75) is 38.7 Å². The molecule has 0 aromatic heterocycles. The molecule has 0 saturated heterocycles. The number of fused-ring (bicyclic) bond motifs is 1. The highest BCUT2D eigenvalue weighted by atomic mass is 16.3. The van der Waals surface area contributed by atoms with Crippen LogP contribution in [-0.2, 0) is 9.59 Å². The van der Waals surface area contributed by atoms with Gasteiger partial charge in [0.2, 0.25) is 11.8 Å². The number of hydrogen-bond acceptors (Lipinski definition) is 3. The Bertz CT molecular complexity index is 530. The van der Waals surface area contributed by atoms with Gasteiger partial charge < -0.3 is 15.7 Å². The molecule has 0 bridgehead atoms. The number of aliphatic hydroxyl groups is 1. The Balaban J connectivity index is 1.90. The zero-order valence-corrected chi connectivity index (χ0v) is 12.4. The molecule has 3 atom stereocenters. The van der Waals surface area contributed by atoms with Crippen LogP contribution in [0, 0.1) is 5.92 Å².